The Labute approximate surface area is 188 Å². The molecule has 2 heterocycles. The zero-order chi connectivity index (χ0) is 22.1. The molecule has 0 unspecified atom stereocenters. The Balaban J connectivity index is 1.52. The van der Waals surface area contributed by atoms with E-state index in [1.165, 1.54) is 17.7 Å². The maximum atomic E-state index is 13.5. The molecular formula is C27H25N3O2. The molecule has 0 atom stereocenters. The number of carbonyl (C=O) groups excluding carboxylic acids is 2. The minimum absolute atomic E-state index is 0.305. The van der Waals surface area contributed by atoms with Crippen molar-refractivity contribution >= 4 is 34.4 Å². The van der Waals surface area contributed by atoms with Crippen molar-refractivity contribution in [1.82, 2.24) is 0 Å². The first-order chi connectivity index (χ1) is 15.6. The van der Waals surface area contributed by atoms with E-state index in [1.807, 2.05) is 85.8 Å². The number of para-hydroxylation sites is 1. The first-order valence-electron chi connectivity index (χ1n) is 11.0. The second-order valence-corrected chi connectivity index (χ2v) is 8.21. The van der Waals surface area contributed by atoms with E-state index in [9.17, 15) is 9.59 Å². The zero-order valence-corrected chi connectivity index (χ0v) is 18.0. The lowest BCUT2D eigenvalue weighted by Gasteiger charge is -2.20. The van der Waals surface area contributed by atoms with Crippen molar-refractivity contribution in [3.05, 3.63) is 95.7 Å². The SMILES string of the molecule is Cc1ccccc1NC1=C(c2ccccc2)C(=O)N(c2ccc(N3CCCC3)cc2)C1=O. The molecule has 2 aliphatic heterocycles. The Bertz CT molecular complexity index is 1190. The summed E-state index contributed by atoms with van der Waals surface area (Å²) in [7, 11) is 0. The van der Waals surface area contributed by atoms with Crippen molar-refractivity contribution in [2.75, 3.05) is 28.2 Å². The number of hydrogen-bond acceptors (Lipinski definition) is 4. The highest BCUT2D eigenvalue weighted by molar-refractivity contribution is 6.46. The minimum atomic E-state index is -0.342. The molecule has 0 radical (unpaired) electrons. The number of hydrogen-bond donors (Lipinski definition) is 1. The molecule has 0 spiro atoms. The smallest absolute Gasteiger partial charge is 0.282 e. The van der Waals surface area contributed by atoms with Gasteiger partial charge in [0.2, 0.25) is 0 Å². The molecule has 32 heavy (non-hydrogen) atoms. The van der Waals surface area contributed by atoms with Crippen LogP contribution in [0.3, 0.4) is 0 Å². The van der Waals surface area contributed by atoms with E-state index in [2.05, 4.69) is 10.2 Å². The van der Waals surface area contributed by atoms with Gasteiger partial charge in [0.1, 0.15) is 5.70 Å². The molecule has 0 aliphatic carbocycles. The van der Waals surface area contributed by atoms with Crippen LogP contribution in [-0.2, 0) is 9.59 Å². The summed E-state index contributed by atoms with van der Waals surface area (Å²) in [6, 6.07) is 24.8. The molecule has 0 bridgehead atoms. The predicted octanol–water partition coefficient (Wildman–Crippen LogP) is 4.99. The number of nitrogens with zero attached hydrogens (tertiary/aromatic N) is 2. The lowest BCUT2D eigenvalue weighted by molar-refractivity contribution is -0.120. The van der Waals surface area contributed by atoms with E-state index in [0.717, 1.165) is 35.6 Å². The van der Waals surface area contributed by atoms with E-state index in [4.69, 9.17) is 0 Å². The highest BCUT2D eigenvalue weighted by atomic mass is 16.2. The molecule has 2 aliphatic rings. The van der Waals surface area contributed by atoms with E-state index >= 15 is 0 Å². The monoisotopic (exact) mass is 423 g/mol. The van der Waals surface area contributed by atoms with Gasteiger partial charge in [-0.1, -0.05) is 48.5 Å². The molecule has 5 rings (SSSR count). The van der Waals surface area contributed by atoms with Gasteiger partial charge < -0.3 is 10.2 Å². The zero-order valence-electron chi connectivity index (χ0n) is 18.0. The van der Waals surface area contributed by atoms with Crippen LogP contribution in [0.5, 0.6) is 0 Å². The molecule has 2 amide bonds. The molecule has 3 aromatic carbocycles. The number of anilines is 3. The largest absolute Gasteiger partial charge is 0.372 e. The molecule has 0 aromatic heterocycles. The van der Waals surface area contributed by atoms with E-state index in [0.29, 0.717) is 17.0 Å². The van der Waals surface area contributed by atoms with Crippen molar-refractivity contribution in [1.29, 1.82) is 0 Å². The summed E-state index contributed by atoms with van der Waals surface area (Å²) in [5.74, 6) is -0.655. The fourth-order valence-electron chi connectivity index (χ4n) is 4.39. The Morgan fingerprint density at radius 1 is 0.719 bits per heavy atom. The second kappa shape index (κ2) is 8.35. The van der Waals surface area contributed by atoms with Crippen LogP contribution in [0.4, 0.5) is 17.1 Å². The van der Waals surface area contributed by atoms with Crippen LogP contribution in [0.1, 0.15) is 24.0 Å². The van der Waals surface area contributed by atoms with Crippen molar-refractivity contribution in [2.24, 2.45) is 0 Å². The standard InChI is InChI=1S/C27H25N3O2/c1-19-9-5-6-12-23(19)28-25-24(20-10-3-2-4-11-20)26(31)30(27(25)32)22-15-13-21(14-16-22)29-17-7-8-18-29/h2-6,9-16,28H,7-8,17-18H2,1H3. The summed E-state index contributed by atoms with van der Waals surface area (Å²) in [6.45, 7) is 4.07. The van der Waals surface area contributed by atoms with Crippen LogP contribution in [0, 0.1) is 6.92 Å². The Kier molecular flexibility index (Phi) is 5.23. The summed E-state index contributed by atoms with van der Waals surface area (Å²) in [5, 5.41) is 3.25. The summed E-state index contributed by atoms with van der Waals surface area (Å²) in [4.78, 5) is 30.7. The average molecular weight is 424 g/mol. The van der Waals surface area contributed by atoms with Gasteiger partial charge in [0.15, 0.2) is 0 Å². The van der Waals surface area contributed by atoms with Gasteiger partial charge in [-0.3, -0.25) is 9.59 Å². The van der Waals surface area contributed by atoms with Crippen LogP contribution in [0.25, 0.3) is 5.57 Å². The number of nitrogens with one attached hydrogen (secondary N) is 1. The summed E-state index contributed by atoms with van der Waals surface area (Å²) < 4.78 is 0. The van der Waals surface area contributed by atoms with Crippen LogP contribution in [-0.4, -0.2) is 24.9 Å². The molecule has 0 saturated carbocycles. The van der Waals surface area contributed by atoms with Crippen LogP contribution >= 0.6 is 0 Å². The summed E-state index contributed by atoms with van der Waals surface area (Å²) in [6.07, 6.45) is 2.40. The number of rotatable bonds is 5. The molecule has 5 heteroatoms. The fourth-order valence-corrected chi connectivity index (χ4v) is 4.39. The number of amides is 2. The Morgan fingerprint density at radius 3 is 2.03 bits per heavy atom. The second-order valence-electron chi connectivity index (χ2n) is 8.21. The topological polar surface area (TPSA) is 52.7 Å². The maximum absolute atomic E-state index is 13.5. The number of benzene rings is 3. The maximum Gasteiger partial charge on any atom is 0.282 e. The summed E-state index contributed by atoms with van der Waals surface area (Å²) in [5.41, 5.74) is 4.93. The molecule has 3 aromatic rings. The number of imide groups is 1. The summed E-state index contributed by atoms with van der Waals surface area (Å²) >= 11 is 0. The molecule has 1 saturated heterocycles. The Hall–Kier alpha value is -3.86. The van der Waals surface area contributed by atoms with Gasteiger partial charge in [-0.2, -0.15) is 0 Å². The number of carbonyl (C=O) groups is 2. The lowest BCUT2D eigenvalue weighted by atomic mass is 10.0. The van der Waals surface area contributed by atoms with E-state index in [-0.39, 0.29) is 11.8 Å². The van der Waals surface area contributed by atoms with Crippen LogP contribution in [0.2, 0.25) is 0 Å². The molecule has 1 N–H and O–H groups in total. The van der Waals surface area contributed by atoms with Gasteiger partial charge in [-0.25, -0.2) is 4.90 Å². The highest BCUT2D eigenvalue weighted by Gasteiger charge is 2.40. The minimum Gasteiger partial charge on any atom is -0.372 e. The average Bonchev–Trinajstić information content (AvgIpc) is 3.43. The van der Waals surface area contributed by atoms with Crippen LogP contribution < -0.4 is 15.1 Å². The van der Waals surface area contributed by atoms with Gasteiger partial charge in [0.25, 0.3) is 11.8 Å². The first kappa shape index (κ1) is 20.1. The molecule has 1 fully saturated rings. The van der Waals surface area contributed by atoms with E-state index < -0.39 is 0 Å². The third-order valence-electron chi connectivity index (χ3n) is 6.13. The van der Waals surface area contributed by atoms with Gasteiger partial charge in [-0.15, -0.1) is 0 Å². The normalized spacial score (nSPS) is 16.3. The van der Waals surface area contributed by atoms with Gasteiger partial charge in [-0.05, 0) is 61.2 Å². The quantitative estimate of drug-likeness (QED) is 0.588. The van der Waals surface area contributed by atoms with Crippen molar-refractivity contribution in [3.8, 4) is 0 Å². The van der Waals surface area contributed by atoms with Crippen molar-refractivity contribution in [2.45, 2.75) is 19.8 Å². The van der Waals surface area contributed by atoms with E-state index in [1.54, 1.807) is 0 Å². The van der Waals surface area contributed by atoms with Gasteiger partial charge in [0.05, 0.1) is 11.3 Å². The van der Waals surface area contributed by atoms with Crippen molar-refractivity contribution < 1.29 is 9.59 Å². The Morgan fingerprint density at radius 2 is 1.34 bits per heavy atom. The predicted molar refractivity (Wildman–Crippen MR) is 129 cm³/mol. The third-order valence-corrected chi connectivity index (χ3v) is 6.13. The molecular weight excluding hydrogens is 398 g/mol. The van der Waals surface area contributed by atoms with Gasteiger partial charge >= 0.3 is 0 Å². The third kappa shape index (κ3) is 3.56. The van der Waals surface area contributed by atoms with Crippen molar-refractivity contribution in [3.63, 3.8) is 0 Å². The van der Waals surface area contributed by atoms with Crippen LogP contribution in [0.15, 0.2) is 84.6 Å². The first-order valence-corrected chi connectivity index (χ1v) is 11.0. The van der Waals surface area contributed by atoms with Gasteiger partial charge in [0, 0.05) is 24.5 Å². The lowest BCUT2D eigenvalue weighted by Crippen LogP contribution is -2.32. The fraction of sp³-hybridized carbons (Fsp3) is 0.185. The molecule has 160 valence electrons. The molecule has 5 nitrogen and oxygen atoms in total. The highest BCUT2D eigenvalue weighted by Crippen LogP contribution is 2.35. The number of aryl methyl sites for hydroxylation is 1.